The molecule has 0 N–H and O–H groups in total. The predicted octanol–water partition coefficient (Wildman–Crippen LogP) is 4.09. The van der Waals surface area contributed by atoms with Crippen LogP contribution in [0.4, 0.5) is 0 Å². The second kappa shape index (κ2) is 6.16. The van der Waals surface area contributed by atoms with Gasteiger partial charge in [0.25, 0.3) is 0 Å². The SMILES string of the molecule is C=Cc1cc(OC)ccc1CC(C=C)CC. The van der Waals surface area contributed by atoms with E-state index in [1.54, 1.807) is 7.11 Å². The van der Waals surface area contributed by atoms with Crippen LogP contribution in [0.1, 0.15) is 24.5 Å². The Morgan fingerprint density at radius 1 is 1.38 bits per heavy atom. The summed E-state index contributed by atoms with van der Waals surface area (Å²) in [7, 11) is 1.68. The van der Waals surface area contributed by atoms with Gasteiger partial charge in [0.1, 0.15) is 5.75 Å². The van der Waals surface area contributed by atoms with E-state index in [1.165, 1.54) is 5.56 Å². The monoisotopic (exact) mass is 216 g/mol. The maximum Gasteiger partial charge on any atom is 0.119 e. The average Bonchev–Trinajstić information content (AvgIpc) is 2.35. The van der Waals surface area contributed by atoms with Crippen molar-refractivity contribution in [3.63, 3.8) is 0 Å². The van der Waals surface area contributed by atoms with Crippen LogP contribution in [0.2, 0.25) is 0 Å². The van der Waals surface area contributed by atoms with Crippen molar-refractivity contribution in [3.8, 4) is 5.75 Å². The van der Waals surface area contributed by atoms with E-state index >= 15 is 0 Å². The summed E-state index contributed by atoms with van der Waals surface area (Å²) < 4.78 is 5.20. The van der Waals surface area contributed by atoms with Gasteiger partial charge in [0.2, 0.25) is 0 Å². The van der Waals surface area contributed by atoms with Crippen LogP contribution in [0.3, 0.4) is 0 Å². The fraction of sp³-hybridized carbons (Fsp3) is 0.333. The molecule has 1 aromatic carbocycles. The quantitative estimate of drug-likeness (QED) is 0.651. The van der Waals surface area contributed by atoms with Crippen LogP contribution in [0.5, 0.6) is 5.75 Å². The third-order valence-electron chi connectivity index (χ3n) is 2.91. The Morgan fingerprint density at radius 3 is 2.62 bits per heavy atom. The Hall–Kier alpha value is -1.50. The second-order valence-electron chi connectivity index (χ2n) is 3.88. The van der Waals surface area contributed by atoms with Gasteiger partial charge in [-0.3, -0.25) is 0 Å². The van der Waals surface area contributed by atoms with Gasteiger partial charge in [-0.25, -0.2) is 0 Å². The van der Waals surface area contributed by atoms with E-state index in [4.69, 9.17) is 4.74 Å². The first kappa shape index (κ1) is 12.6. The summed E-state index contributed by atoms with van der Waals surface area (Å²) in [6, 6.07) is 6.14. The lowest BCUT2D eigenvalue weighted by molar-refractivity contribution is 0.414. The molecular formula is C15H20O. The summed E-state index contributed by atoms with van der Waals surface area (Å²) in [5.41, 5.74) is 2.46. The van der Waals surface area contributed by atoms with Crippen molar-refractivity contribution in [2.45, 2.75) is 19.8 Å². The minimum absolute atomic E-state index is 0.534. The maximum atomic E-state index is 5.20. The molecule has 1 aromatic rings. The van der Waals surface area contributed by atoms with E-state index in [9.17, 15) is 0 Å². The Labute approximate surface area is 98.5 Å². The van der Waals surface area contributed by atoms with Gasteiger partial charge in [0.05, 0.1) is 7.11 Å². The normalized spacial score (nSPS) is 11.9. The highest BCUT2D eigenvalue weighted by molar-refractivity contribution is 5.54. The van der Waals surface area contributed by atoms with Gasteiger partial charge in [-0.2, -0.15) is 0 Å². The van der Waals surface area contributed by atoms with E-state index in [-0.39, 0.29) is 0 Å². The minimum atomic E-state index is 0.534. The minimum Gasteiger partial charge on any atom is -0.497 e. The fourth-order valence-electron chi connectivity index (χ4n) is 1.75. The van der Waals surface area contributed by atoms with Crippen LogP contribution in [-0.2, 0) is 6.42 Å². The molecule has 16 heavy (non-hydrogen) atoms. The summed E-state index contributed by atoms with van der Waals surface area (Å²) in [6.45, 7) is 9.90. The topological polar surface area (TPSA) is 9.23 Å². The highest BCUT2D eigenvalue weighted by atomic mass is 16.5. The Balaban J connectivity index is 2.94. The van der Waals surface area contributed by atoms with Gasteiger partial charge in [0.15, 0.2) is 0 Å². The molecular weight excluding hydrogens is 196 g/mol. The van der Waals surface area contributed by atoms with Crippen LogP contribution in [0, 0.1) is 5.92 Å². The van der Waals surface area contributed by atoms with Crippen molar-refractivity contribution in [1.82, 2.24) is 0 Å². The zero-order valence-electron chi connectivity index (χ0n) is 10.2. The highest BCUT2D eigenvalue weighted by Crippen LogP contribution is 2.22. The molecule has 0 spiro atoms. The molecule has 0 aliphatic heterocycles. The molecule has 0 saturated heterocycles. The van der Waals surface area contributed by atoms with E-state index in [0.29, 0.717) is 5.92 Å². The number of ether oxygens (including phenoxy) is 1. The molecule has 1 heteroatoms. The Bertz CT molecular complexity index is 366. The molecule has 0 radical (unpaired) electrons. The van der Waals surface area contributed by atoms with Crippen LogP contribution in [-0.4, -0.2) is 7.11 Å². The second-order valence-corrected chi connectivity index (χ2v) is 3.88. The van der Waals surface area contributed by atoms with Gasteiger partial charge in [-0.15, -0.1) is 6.58 Å². The number of allylic oxidation sites excluding steroid dienone is 1. The first-order valence-corrected chi connectivity index (χ1v) is 5.67. The summed E-state index contributed by atoms with van der Waals surface area (Å²) in [4.78, 5) is 0. The first-order valence-electron chi connectivity index (χ1n) is 5.67. The van der Waals surface area contributed by atoms with Crippen molar-refractivity contribution in [2.24, 2.45) is 5.92 Å². The van der Waals surface area contributed by atoms with Crippen molar-refractivity contribution < 1.29 is 4.74 Å². The Kier molecular flexibility index (Phi) is 4.84. The molecule has 0 bridgehead atoms. The molecule has 0 aromatic heterocycles. The third-order valence-corrected chi connectivity index (χ3v) is 2.91. The van der Waals surface area contributed by atoms with Gasteiger partial charge in [0, 0.05) is 0 Å². The van der Waals surface area contributed by atoms with E-state index in [1.807, 2.05) is 24.3 Å². The number of methoxy groups -OCH3 is 1. The lowest BCUT2D eigenvalue weighted by Gasteiger charge is -2.13. The molecule has 0 saturated carbocycles. The van der Waals surface area contributed by atoms with Crippen LogP contribution < -0.4 is 4.74 Å². The standard InChI is InChI=1S/C15H20O/c1-5-12(6-2)10-14-8-9-15(16-4)11-13(14)7-3/h5,7-9,11-12H,1,3,6,10H2,2,4H3. The maximum absolute atomic E-state index is 5.20. The van der Waals surface area contributed by atoms with Crippen molar-refractivity contribution in [2.75, 3.05) is 7.11 Å². The zero-order chi connectivity index (χ0) is 12.0. The Morgan fingerprint density at radius 2 is 2.12 bits per heavy atom. The summed E-state index contributed by atoms with van der Waals surface area (Å²) in [5.74, 6) is 1.41. The van der Waals surface area contributed by atoms with Gasteiger partial charge < -0.3 is 4.74 Å². The van der Waals surface area contributed by atoms with Crippen LogP contribution in [0.15, 0.2) is 37.4 Å². The number of hydrogen-bond acceptors (Lipinski definition) is 1. The molecule has 1 atom stereocenters. The fourth-order valence-corrected chi connectivity index (χ4v) is 1.75. The molecule has 0 heterocycles. The van der Waals surface area contributed by atoms with E-state index in [2.05, 4.69) is 26.1 Å². The summed E-state index contributed by atoms with van der Waals surface area (Å²) in [5, 5.41) is 0. The van der Waals surface area contributed by atoms with Gasteiger partial charge >= 0.3 is 0 Å². The third kappa shape index (κ3) is 2.99. The zero-order valence-corrected chi connectivity index (χ0v) is 10.2. The lowest BCUT2D eigenvalue weighted by Crippen LogP contribution is -2.01. The highest BCUT2D eigenvalue weighted by Gasteiger charge is 2.07. The molecule has 1 nitrogen and oxygen atoms in total. The largest absolute Gasteiger partial charge is 0.497 e. The van der Waals surface area contributed by atoms with Gasteiger partial charge in [-0.05, 0) is 42.0 Å². The average molecular weight is 216 g/mol. The molecule has 0 amide bonds. The lowest BCUT2D eigenvalue weighted by atomic mass is 9.94. The number of rotatable bonds is 6. The summed E-state index contributed by atoms with van der Waals surface area (Å²) >= 11 is 0. The predicted molar refractivity (Wildman–Crippen MR) is 70.8 cm³/mol. The van der Waals surface area contributed by atoms with E-state index < -0.39 is 0 Å². The molecule has 0 aliphatic carbocycles. The van der Waals surface area contributed by atoms with Crippen molar-refractivity contribution in [1.29, 1.82) is 0 Å². The first-order chi connectivity index (χ1) is 7.74. The number of hydrogen-bond donors (Lipinski definition) is 0. The van der Waals surface area contributed by atoms with Crippen molar-refractivity contribution in [3.05, 3.63) is 48.6 Å². The van der Waals surface area contributed by atoms with Crippen LogP contribution >= 0.6 is 0 Å². The summed E-state index contributed by atoms with van der Waals surface area (Å²) in [6.07, 6.45) is 6.04. The van der Waals surface area contributed by atoms with Gasteiger partial charge in [-0.1, -0.05) is 31.7 Å². The molecule has 1 rings (SSSR count). The molecule has 0 aliphatic rings. The smallest absolute Gasteiger partial charge is 0.119 e. The van der Waals surface area contributed by atoms with E-state index in [0.717, 1.165) is 24.2 Å². The number of benzene rings is 1. The molecule has 86 valence electrons. The molecule has 1 unspecified atom stereocenters. The molecule has 0 fully saturated rings. The van der Waals surface area contributed by atoms with Crippen molar-refractivity contribution >= 4 is 6.08 Å². The van der Waals surface area contributed by atoms with Crippen LogP contribution in [0.25, 0.3) is 6.08 Å².